The molecule has 0 aliphatic rings. The molecule has 6 heteroatoms. The van der Waals surface area contributed by atoms with Gasteiger partial charge in [0.15, 0.2) is 0 Å². The number of para-hydroxylation sites is 1. The first kappa shape index (κ1) is 19.1. The molecule has 1 amide bonds. The number of likely N-dealkylation sites (N-methyl/N-ethyl adjacent to an activating group) is 1. The normalized spacial score (nSPS) is 10.6. The van der Waals surface area contributed by atoms with Gasteiger partial charge in [-0.3, -0.25) is 9.69 Å². The number of nitrogens with one attached hydrogen (secondary N) is 1. The van der Waals surface area contributed by atoms with Crippen LogP contribution < -0.4 is 14.8 Å². The van der Waals surface area contributed by atoms with Gasteiger partial charge in [-0.2, -0.15) is 0 Å². The van der Waals surface area contributed by atoms with Gasteiger partial charge in [0.05, 0.1) is 18.7 Å². The van der Waals surface area contributed by atoms with E-state index in [9.17, 15) is 4.79 Å². The van der Waals surface area contributed by atoms with Crippen LogP contribution in [0.25, 0.3) is 0 Å². The second-order valence-electron chi connectivity index (χ2n) is 5.42. The molecular formula is C19H23ClN2O3. The van der Waals surface area contributed by atoms with Crippen molar-refractivity contribution >= 4 is 23.2 Å². The van der Waals surface area contributed by atoms with Crippen LogP contribution in [0.4, 0.5) is 5.69 Å². The van der Waals surface area contributed by atoms with Gasteiger partial charge in [-0.05, 0) is 42.9 Å². The van der Waals surface area contributed by atoms with E-state index >= 15 is 0 Å². The molecule has 0 aliphatic carbocycles. The molecule has 0 saturated heterocycles. The largest absolute Gasteiger partial charge is 0.497 e. The van der Waals surface area contributed by atoms with Crippen molar-refractivity contribution in [2.45, 2.75) is 6.92 Å². The van der Waals surface area contributed by atoms with Crippen LogP contribution in [-0.4, -0.2) is 44.2 Å². The second-order valence-corrected chi connectivity index (χ2v) is 5.83. The standard InChI is InChI=1S/C19H23ClN2O3/c1-3-22(12-13-25-18-7-5-4-6-17(18)20)14-19(23)21-15-8-10-16(24-2)11-9-15/h4-11H,3,12-14H2,1-2H3,(H,21,23). The third kappa shape index (κ3) is 6.29. The molecule has 0 unspecified atom stereocenters. The van der Waals surface area contributed by atoms with E-state index in [1.807, 2.05) is 54.3 Å². The van der Waals surface area contributed by atoms with E-state index in [4.69, 9.17) is 21.1 Å². The Morgan fingerprint density at radius 3 is 2.52 bits per heavy atom. The lowest BCUT2D eigenvalue weighted by Crippen LogP contribution is -2.35. The van der Waals surface area contributed by atoms with Gasteiger partial charge < -0.3 is 14.8 Å². The summed E-state index contributed by atoms with van der Waals surface area (Å²) < 4.78 is 10.8. The molecule has 5 nitrogen and oxygen atoms in total. The van der Waals surface area contributed by atoms with Crippen LogP contribution in [0, 0.1) is 0 Å². The van der Waals surface area contributed by atoms with Crippen LogP contribution >= 0.6 is 11.6 Å². The van der Waals surface area contributed by atoms with Crippen LogP contribution in [0.5, 0.6) is 11.5 Å². The fourth-order valence-electron chi connectivity index (χ4n) is 2.27. The Labute approximate surface area is 153 Å². The van der Waals surface area contributed by atoms with Crippen molar-refractivity contribution in [3.63, 3.8) is 0 Å². The SMILES string of the molecule is CCN(CCOc1ccccc1Cl)CC(=O)Nc1ccc(OC)cc1. The summed E-state index contributed by atoms with van der Waals surface area (Å²) in [7, 11) is 1.61. The molecule has 134 valence electrons. The van der Waals surface area contributed by atoms with E-state index in [2.05, 4.69) is 5.32 Å². The van der Waals surface area contributed by atoms with Crippen LogP contribution in [-0.2, 0) is 4.79 Å². The van der Waals surface area contributed by atoms with Gasteiger partial charge in [-0.1, -0.05) is 30.7 Å². The number of carbonyl (C=O) groups is 1. The zero-order valence-electron chi connectivity index (χ0n) is 14.5. The van der Waals surface area contributed by atoms with E-state index in [-0.39, 0.29) is 5.91 Å². The fourth-order valence-corrected chi connectivity index (χ4v) is 2.46. The Bertz CT molecular complexity index is 677. The third-order valence-corrected chi connectivity index (χ3v) is 4.00. The maximum atomic E-state index is 12.2. The predicted octanol–water partition coefficient (Wildman–Crippen LogP) is 3.69. The molecule has 0 bridgehead atoms. The quantitative estimate of drug-likeness (QED) is 0.739. The first-order chi connectivity index (χ1) is 12.1. The lowest BCUT2D eigenvalue weighted by Gasteiger charge is -2.20. The lowest BCUT2D eigenvalue weighted by molar-refractivity contribution is -0.117. The second kappa shape index (κ2) is 9.91. The highest BCUT2D eigenvalue weighted by Crippen LogP contribution is 2.22. The molecule has 0 aliphatic heterocycles. The van der Waals surface area contributed by atoms with Crippen LogP contribution in [0.3, 0.4) is 0 Å². The molecule has 1 N–H and O–H groups in total. The average Bonchev–Trinajstić information content (AvgIpc) is 2.63. The molecule has 0 saturated carbocycles. The highest BCUT2D eigenvalue weighted by molar-refractivity contribution is 6.32. The van der Waals surface area contributed by atoms with Crippen LogP contribution in [0.1, 0.15) is 6.92 Å². The number of rotatable bonds is 9. The van der Waals surface area contributed by atoms with E-state index in [1.54, 1.807) is 13.2 Å². The zero-order chi connectivity index (χ0) is 18.1. The van der Waals surface area contributed by atoms with Crippen LogP contribution in [0.15, 0.2) is 48.5 Å². The van der Waals surface area contributed by atoms with Crippen molar-refractivity contribution < 1.29 is 14.3 Å². The first-order valence-electron chi connectivity index (χ1n) is 8.16. The van der Waals surface area contributed by atoms with Crippen LogP contribution in [0.2, 0.25) is 5.02 Å². The molecule has 0 radical (unpaired) electrons. The summed E-state index contributed by atoms with van der Waals surface area (Å²) >= 11 is 6.06. The third-order valence-electron chi connectivity index (χ3n) is 3.69. The van der Waals surface area contributed by atoms with Crippen molar-refractivity contribution in [3.8, 4) is 11.5 Å². The van der Waals surface area contributed by atoms with Gasteiger partial charge in [0.1, 0.15) is 18.1 Å². The minimum Gasteiger partial charge on any atom is -0.497 e. The number of methoxy groups -OCH3 is 1. The number of nitrogens with zero attached hydrogens (tertiary/aromatic N) is 1. The number of carbonyl (C=O) groups excluding carboxylic acids is 1. The molecule has 0 aromatic heterocycles. The number of anilines is 1. The minimum atomic E-state index is -0.0650. The topological polar surface area (TPSA) is 50.8 Å². The number of benzene rings is 2. The number of halogens is 1. The summed E-state index contributed by atoms with van der Waals surface area (Å²) in [4.78, 5) is 14.2. The van der Waals surface area contributed by atoms with Gasteiger partial charge in [-0.15, -0.1) is 0 Å². The summed E-state index contributed by atoms with van der Waals surface area (Å²) in [6.45, 7) is 4.16. The molecule has 0 atom stereocenters. The zero-order valence-corrected chi connectivity index (χ0v) is 15.3. The van der Waals surface area contributed by atoms with Crippen molar-refractivity contribution in [2.24, 2.45) is 0 Å². The Hall–Kier alpha value is -2.24. The summed E-state index contributed by atoms with van der Waals surface area (Å²) in [5.41, 5.74) is 0.745. The summed E-state index contributed by atoms with van der Waals surface area (Å²) in [6.07, 6.45) is 0. The van der Waals surface area contributed by atoms with E-state index < -0.39 is 0 Å². The molecule has 0 spiro atoms. The van der Waals surface area contributed by atoms with Crippen molar-refractivity contribution in [1.82, 2.24) is 4.90 Å². The summed E-state index contributed by atoms with van der Waals surface area (Å²) in [5.74, 6) is 1.34. The van der Waals surface area contributed by atoms with E-state index in [1.165, 1.54) is 0 Å². The molecular weight excluding hydrogens is 340 g/mol. The van der Waals surface area contributed by atoms with Crippen molar-refractivity contribution in [2.75, 3.05) is 38.7 Å². The van der Waals surface area contributed by atoms with Crippen molar-refractivity contribution in [3.05, 3.63) is 53.6 Å². The highest BCUT2D eigenvalue weighted by Gasteiger charge is 2.10. The lowest BCUT2D eigenvalue weighted by atomic mass is 10.3. The smallest absolute Gasteiger partial charge is 0.238 e. The predicted molar refractivity (Wildman–Crippen MR) is 101 cm³/mol. The van der Waals surface area contributed by atoms with E-state index in [0.717, 1.165) is 18.0 Å². The van der Waals surface area contributed by atoms with Gasteiger partial charge in [-0.25, -0.2) is 0 Å². The summed E-state index contributed by atoms with van der Waals surface area (Å²) in [6, 6.07) is 14.6. The maximum absolute atomic E-state index is 12.2. The Balaban J connectivity index is 1.78. The Morgan fingerprint density at radius 2 is 1.88 bits per heavy atom. The van der Waals surface area contributed by atoms with Crippen molar-refractivity contribution in [1.29, 1.82) is 0 Å². The maximum Gasteiger partial charge on any atom is 0.238 e. The number of hydrogen-bond donors (Lipinski definition) is 1. The average molecular weight is 363 g/mol. The van der Waals surface area contributed by atoms with Gasteiger partial charge in [0.2, 0.25) is 5.91 Å². The first-order valence-corrected chi connectivity index (χ1v) is 8.53. The molecule has 0 fully saturated rings. The fraction of sp³-hybridized carbons (Fsp3) is 0.316. The number of hydrogen-bond acceptors (Lipinski definition) is 4. The molecule has 25 heavy (non-hydrogen) atoms. The minimum absolute atomic E-state index is 0.0650. The van der Waals surface area contributed by atoms with Gasteiger partial charge >= 0.3 is 0 Å². The number of amides is 1. The highest BCUT2D eigenvalue weighted by atomic mass is 35.5. The molecule has 2 aromatic carbocycles. The number of ether oxygens (including phenoxy) is 2. The summed E-state index contributed by atoms with van der Waals surface area (Å²) in [5, 5.41) is 3.46. The van der Waals surface area contributed by atoms with Gasteiger partial charge in [0.25, 0.3) is 0 Å². The van der Waals surface area contributed by atoms with E-state index in [0.29, 0.717) is 30.5 Å². The molecule has 0 heterocycles. The van der Waals surface area contributed by atoms with Gasteiger partial charge in [0, 0.05) is 12.2 Å². The monoisotopic (exact) mass is 362 g/mol. The molecule has 2 rings (SSSR count). The Morgan fingerprint density at radius 1 is 1.16 bits per heavy atom. The Kier molecular flexibility index (Phi) is 7.57. The molecule has 2 aromatic rings.